The predicted octanol–water partition coefficient (Wildman–Crippen LogP) is 14.0. The molecule has 0 unspecified atom stereocenters. The molecule has 0 radical (unpaired) electrons. The maximum Gasteiger partial charge on any atom is 0.160 e. The molecule has 12 rings (SSSR count). The normalized spacial score (nSPS) is 13.2. The number of hydrogen-bond donors (Lipinski definition) is 0. The Morgan fingerprint density at radius 3 is 1.75 bits per heavy atom. The molecule has 1 aliphatic heterocycles. The topological polar surface area (TPSA) is 35.0 Å². The van der Waals surface area contributed by atoms with E-state index in [1.807, 2.05) is 11.3 Å². The average molecular weight is 745 g/mol. The van der Waals surface area contributed by atoms with Crippen LogP contribution in [0.2, 0.25) is 0 Å². The van der Waals surface area contributed by atoms with Gasteiger partial charge in [-0.05, 0) is 63.7 Å². The van der Waals surface area contributed by atoms with Gasteiger partial charge in [0.1, 0.15) is 11.5 Å². The van der Waals surface area contributed by atoms with Gasteiger partial charge in [0.15, 0.2) is 5.82 Å². The second-order valence-corrected chi connectivity index (χ2v) is 15.9. The number of thiophene rings is 1. The lowest BCUT2D eigenvalue weighted by Crippen LogP contribution is -2.32. The van der Waals surface area contributed by atoms with Crippen LogP contribution < -0.4 is 4.74 Å². The molecule has 1 spiro atoms. The summed E-state index contributed by atoms with van der Waals surface area (Å²) >= 11 is 1.83. The first-order chi connectivity index (χ1) is 28.3. The molecule has 2 aromatic heterocycles. The van der Waals surface area contributed by atoms with Crippen molar-refractivity contribution in [3.63, 3.8) is 0 Å². The van der Waals surface area contributed by atoms with Crippen molar-refractivity contribution in [1.29, 1.82) is 0 Å². The van der Waals surface area contributed by atoms with E-state index < -0.39 is 5.41 Å². The minimum atomic E-state index is -0.533. The molecular formula is C53H32N2OS. The number of rotatable bonds is 4. The molecule has 266 valence electrons. The smallest absolute Gasteiger partial charge is 0.160 e. The fourth-order valence-corrected chi connectivity index (χ4v) is 10.6. The maximum absolute atomic E-state index is 6.57. The van der Waals surface area contributed by atoms with Crippen molar-refractivity contribution < 1.29 is 4.74 Å². The van der Waals surface area contributed by atoms with Crippen molar-refractivity contribution in [1.82, 2.24) is 9.97 Å². The first kappa shape index (κ1) is 32.1. The Labute approximate surface area is 334 Å². The molecule has 0 atom stereocenters. The largest absolute Gasteiger partial charge is 0.457 e. The van der Waals surface area contributed by atoms with Crippen LogP contribution in [0, 0.1) is 0 Å². The van der Waals surface area contributed by atoms with Gasteiger partial charge in [-0.3, -0.25) is 0 Å². The summed E-state index contributed by atoms with van der Waals surface area (Å²) in [4.78, 5) is 10.9. The van der Waals surface area contributed by atoms with Crippen molar-refractivity contribution >= 4 is 31.5 Å². The Morgan fingerprint density at radius 2 is 0.965 bits per heavy atom. The van der Waals surface area contributed by atoms with Crippen molar-refractivity contribution in [3.05, 3.63) is 216 Å². The van der Waals surface area contributed by atoms with Gasteiger partial charge < -0.3 is 4.74 Å². The summed E-state index contributed by atoms with van der Waals surface area (Å²) in [6.45, 7) is 0. The number of benzene rings is 8. The van der Waals surface area contributed by atoms with Gasteiger partial charge in [0, 0.05) is 48.0 Å². The van der Waals surface area contributed by atoms with Crippen LogP contribution in [-0.2, 0) is 5.41 Å². The zero-order valence-electron chi connectivity index (χ0n) is 30.7. The highest BCUT2D eigenvalue weighted by Gasteiger charge is 2.51. The van der Waals surface area contributed by atoms with Crippen LogP contribution in [-0.4, -0.2) is 9.97 Å². The Morgan fingerprint density at radius 1 is 0.386 bits per heavy atom. The molecule has 8 aromatic carbocycles. The lowest BCUT2D eigenvalue weighted by Gasteiger charge is -2.39. The summed E-state index contributed by atoms with van der Waals surface area (Å²) in [5, 5.41) is 2.52. The maximum atomic E-state index is 6.57. The minimum absolute atomic E-state index is 0.533. The zero-order chi connectivity index (χ0) is 37.5. The van der Waals surface area contributed by atoms with Gasteiger partial charge >= 0.3 is 0 Å². The van der Waals surface area contributed by atoms with Gasteiger partial charge in [-0.15, -0.1) is 11.3 Å². The van der Waals surface area contributed by atoms with Gasteiger partial charge in [-0.1, -0.05) is 164 Å². The lowest BCUT2D eigenvalue weighted by atomic mass is 9.66. The standard InChI is InChI=1S/C53H32N2OS/c1-2-15-33(16-3-1)35-17-4-5-19-37(35)46-32-47(40-22-14-21-39-38-20-7-13-28-50(38)57-51(39)40)55-52(54-46)34-29-30-43-41(31-34)36-18-6-8-23-42(36)53(43)44-24-9-11-26-48(44)56-49-27-12-10-25-45(49)53/h1-32H. The number of nitrogens with zero attached hydrogens (tertiary/aromatic N) is 2. The van der Waals surface area contributed by atoms with E-state index in [1.54, 1.807) is 0 Å². The van der Waals surface area contributed by atoms with Crippen LogP contribution in [0.4, 0.5) is 0 Å². The number of hydrogen-bond acceptors (Lipinski definition) is 4. The molecule has 0 saturated heterocycles. The Kier molecular flexibility index (Phi) is 7.01. The van der Waals surface area contributed by atoms with Crippen LogP contribution in [0.1, 0.15) is 22.3 Å². The SMILES string of the molecule is c1ccc(-c2ccccc2-c2cc(-c3cccc4c3sc3ccccc34)nc(-c3ccc4c(c3)-c3ccccc3C43c4ccccc4Oc4ccccc43)n2)cc1. The zero-order valence-corrected chi connectivity index (χ0v) is 31.5. The number of ether oxygens (including phenoxy) is 1. The number of fused-ring (bicyclic) bond motifs is 12. The fourth-order valence-electron chi connectivity index (χ4n) is 9.38. The summed E-state index contributed by atoms with van der Waals surface area (Å²) in [5.41, 5.74) is 13.9. The van der Waals surface area contributed by atoms with Crippen LogP contribution in [0.3, 0.4) is 0 Å². The molecule has 57 heavy (non-hydrogen) atoms. The van der Waals surface area contributed by atoms with E-state index >= 15 is 0 Å². The van der Waals surface area contributed by atoms with E-state index in [-0.39, 0.29) is 0 Å². The highest BCUT2D eigenvalue weighted by Crippen LogP contribution is 2.62. The van der Waals surface area contributed by atoms with E-state index in [4.69, 9.17) is 14.7 Å². The Balaban J connectivity index is 1.11. The Bertz CT molecular complexity index is 3190. The molecule has 10 aromatic rings. The Hall–Kier alpha value is -7.14. The third-order valence-corrected chi connectivity index (χ3v) is 13.0. The van der Waals surface area contributed by atoms with E-state index in [0.29, 0.717) is 5.82 Å². The summed E-state index contributed by atoms with van der Waals surface area (Å²) in [5.74, 6) is 2.46. The van der Waals surface area contributed by atoms with Crippen molar-refractivity contribution in [2.75, 3.05) is 0 Å². The molecule has 0 saturated carbocycles. The summed E-state index contributed by atoms with van der Waals surface area (Å²) in [6, 6.07) is 69.3. The van der Waals surface area contributed by atoms with E-state index in [1.165, 1.54) is 42.4 Å². The van der Waals surface area contributed by atoms with Crippen LogP contribution >= 0.6 is 11.3 Å². The first-order valence-corrected chi connectivity index (χ1v) is 20.1. The van der Waals surface area contributed by atoms with Gasteiger partial charge in [0.05, 0.1) is 16.8 Å². The van der Waals surface area contributed by atoms with Gasteiger partial charge in [-0.2, -0.15) is 0 Å². The van der Waals surface area contributed by atoms with Crippen molar-refractivity contribution in [2.24, 2.45) is 0 Å². The summed E-state index contributed by atoms with van der Waals surface area (Å²) in [6.07, 6.45) is 0. The molecule has 0 fully saturated rings. The third kappa shape index (κ3) is 4.71. The average Bonchev–Trinajstić information content (AvgIpc) is 3.80. The highest BCUT2D eigenvalue weighted by atomic mass is 32.1. The fraction of sp³-hybridized carbons (Fsp3) is 0.0189. The first-order valence-electron chi connectivity index (χ1n) is 19.3. The highest BCUT2D eigenvalue weighted by molar-refractivity contribution is 7.26. The van der Waals surface area contributed by atoms with E-state index in [9.17, 15) is 0 Å². The van der Waals surface area contributed by atoms with Crippen molar-refractivity contribution in [3.8, 4) is 67.7 Å². The second kappa shape index (κ2) is 12.4. The molecule has 2 aliphatic rings. The molecule has 4 heteroatoms. The van der Waals surface area contributed by atoms with Crippen LogP contribution in [0.25, 0.3) is 76.3 Å². The molecule has 1 aliphatic carbocycles. The molecule has 0 N–H and O–H groups in total. The van der Waals surface area contributed by atoms with Gasteiger partial charge in [-0.25, -0.2) is 9.97 Å². The van der Waals surface area contributed by atoms with Gasteiger partial charge in [0.25, 0.3) is 0 Å². The van der Waals surface area contributed by atoms with Crippen LogP contribution in [0.15, 0.2) is 194 Å². The lowest BCUT2D eigenvalue weighted by molar-refractivity contribution is 0.436. The molecule has 3 nitrogen and oxygen atoms in total. The monoisotopic (exact) mass is 744 g/mol. The predicted molar refractivity (Wildman–Crippen MR) is 234 cm³/mol. The van der Waals surface area contributed by atoms with Crippen LogP contribution in [0.5, 0.6) is 11.5 Å². The van der Waals surface area contributed by atoms with Gasteiger partial charge in [0.2, 0.25) is 0 Å². The molecule has 0 amide bonds. The third-order valence-electron chi connectivity index (χ3n) is 11.8. The molecule has 0 bridgehead atoms. The minimum Gasteiger partial charge on any atom is -0.457 e. The molecular weight excluding hydrogens is 713 g/mol. The summed E-state index contributed by atoms with van der Waals surface area (Å²) in [7, 11) is 0. The number of aromatic nitrogens is 2. The van der Waals surface area contributed by atoms with E-state index in [0.717, 1.165) is 61.8 Å². The second-order valence-electron chi connectivity index (χ2n) is 14.8. The van der Waals surface area contributed by atoms with E-state index in [2.05, 4.69) is 194 Å². The van der Waals surface area contributed by atoms with Crippen molar-refractivity contribution in [2.45, 2.75) is 5.41 Å². The molecule has 3 heterocycles. The quantitative estimate of drug-likeness (QED) is 0.180. The summed E-state index contributed by atoms with van der Waals surface area (Å²) < 4.78 is 9.07. The number of para-hydroxylation sites is 2.